The molecule has 0 saturated heterocycles. The summed E-state index contributed by atoms with van der Waals surface area (Å²) in [5.74, 6) is -0.203. The van der Waals surface area contributed by atoms with Gasteiger partial charge in [-0.15, -0.1) is 0 Å². The molecule has 1 heterocycles. The Labute approximate surface area is 111 Å². The number of nitrogens with zero attached hydrogens (tertiary/aromatic N) is 1. The maximum Gasteiger partial charge on any atom is 0.125 e. The summed E-state index contributed by atoms with van der Waals surface area (Å²) in [6, 6.07) is 15.1. The Kier molecular flexibility index (Phi) is 3.05. The summed E-state index contributed by atoms with van der Waals surface area (Å²) in [6.07, 6.45) is 1.99. The molecule has 2 aromatic carbocycles. The summed E-state index contributed by atoms with van der Waals surface area (Å²) >= 11 is 0. The first-order chi connectivity index (χ1) is 9.26. The fraction of sp³-hybridized carbons (Fsp3) is 0.125. The van der Waals surface area contributed by atoms with Gasteiger partial charge in [0.1, 0.15) is 5.82 Å². The first kappa shape index (κ1) is 11.9. The van der Waals surface area contributed by atoms with Crippen molar-refractivity contribution >= 4 is 10.9 Å². The maximum absolute atomic E-state index is 13.3. The highest BCUT2D eigenvalue weighted by atomic mass is 19.1. The minimum Gasteiger partial charge on any atom is -0.343 e. The van der Waals surface area contributed by atoms with Crippen LogP contribution in [-0.2, 0) is 13.1 Å². The van der Waals surface area contributed by atoms with Crippen LogP contribution < -0.4 is 5.73 Å². The van der Waals surface area contributed by atoms with E-state index in [1.807, 2.05) is 24.4 Å². The number of aromatic nitrogens is 1. The van der Waals surface area contributed by atoms with E-state index in [9.17, 15) is 4.39 Å². The van der Waals surface area contributed by atoms with Crippen LogP contribution in [0.5, 0.6) is 0 Å². The van der Waals surface area contributed by atoms with Crippen molar-refractivity contribution < 1.29 is 4.39 Å². The predicted molar refractivity (Wildman–Crippen MR) is 75.3 cm³/mol. The molecule has 0 aliphatic heterocycles. The van der Waals surface area contributed by atoms with Crippen LogP contribution in [0.2, 0.25) is 0 Å². The van der Waals surface area contributed by atoms with Gasteiger partial charge in [-0.2, -0.15) is 0 Å². The van der Waals surface area contributed by atoms with E-state index >= 15 is 0 Å². The molecular formula is C16H15FN2. The summed E-state index contributed by atoms with van der Waals surface area (Å²) < 4.78 is 15.4. The molecule has 3 aromatic rings. The average Bonchev–Trinajstić information content (AvgIpc) is 2.82. The third-order valence-corrected chi connectivity index (χ3v) is 3.35. The van der Waals surface area contributed by atoms with Crippen molar-refractivity contribution in [3.05, 3.63) is 71.7 Å². The SMILES string of the molecule is NCc1ccc(Cn2ccc3ccc(F)cc32)cc1. The number of benzene rings is 2. The number of fused-ring (bicyclic) bond motifs is 1. The predicted octanol–water partition coefficient (Wildman–Crippen LogP) is 3.29. The molecule has 2 N–H and O–H groups in total. The van der Waals surface area contributed by atoms with Gasteiger partial charge in [-0.25, -0.2) is 4.39 Å². The second-order valence-corrected chi connectivity index (χ2v) is 4.67. The maximum atomic E-state index is 13.3. The summed E-state index contributed by atoms with van der Waals surface area (Å²) in [6.45, 7) is 1.29. The Morgan fingerprint density at radius 3 is 2.42 bits per heavy atom. The molecule has 0 fully saturated rings. The van der Waals surface area contributed by atoms with Crippen molar-refractivity contribution in [3.8, 4) is 0 Å². The van der Waals surface area contributed by atoms with Crippen molar-refractivity contribution in [2.24, 2.45) is 5.73 Å². The molecule has 0 amide bonds. The Hall–Kier alpha value is -2.13. The summed E-state index contributed by atoms with van der Waals surface area (Å²) in [5, 5.41) is 1.06. The molecule has 0 atom stereocenters. The lowest BCUT2D eigenvalue weighted by molar-refractivity contribution is 0.628. The zero-order valence-electron chi connectivity index (χ0n) is 10.5. The first-order valence-corrected chi connectivity index (χ1v) is 6.28. The minimum atomic E-state index is -0.203. The summed E-state index contributed by atoms with van der Waals surface area (Å²) in [5.41, 5.74) is 8.80. The summed E-state index contributed by atoms with van der Waals surface area (Å²) in [4.78, 5) is 0. The van der Waals surface area contributed by atoms with Crippen molar-refractivity contribution in [2.75, 3.05) is 0 Å². The van der Waals surface area contributed by atoms with Gasteiger partial charge in [0.15, 0.2) is 0 Å². The summed E-state index contributed by atoms with van der Waals surface area (Å²) in [7, 11) is 0. The molecular weight excluding hydrogens is 239 g/mol. The fourth-order valence-electron chi connectivity index (χ4n) is 2.27. The molecule has 0 radical (unpaired) electrons. The van der Waals surface area contributed by atoms with Crippen molar-refractivity contribution in [2.45, 2.75) is 13.1 Å². The van der Waals surface area contributed by atoms with Gasteiger partial charge < -0.3 is 10.3 Å². The number of hydrogen-bond donors (Lipinski definition) is 1. The van der Waals surface area contributed by atoms with E-state index in [1.165, 1.54) is 11.6 Å². The van der Waals surface area contributed by atoms with E-state index in [2.05, 4.69) is 16.7 Å². The van der Waals surface area contributed by atoms with Crippen LogP contribution in [0.15, 0.2) is 54.7 Å². The zero-order chi connectivity index (χ0) is 13.2. The van der Waals surface area contributed by atoms with Crippen molar-refractivity contribution in [1.82, 2.24) is 4.57 Å². The number of nitrogens with two attached hydrogens (primary N) is 1. The lowest BCUT2D eigenvalue weighted by Crippen LogP contribution is -2.00. The monoisotopic (exact) mass is 254 g/mol. The fourth-order valence-corrected chi connectivity index (χ4v) is 2.27. The van der Waals surface area contributed by atoms with E-state index in [4.69, 9.17) is 5.73 Å². The van der Waals surface area contributed by atoms with Crippen LogP contribution in [0.25, 0.3) is 10.9 Å². The Bertz CT molecular complexity index is 698. The molecule has 0 aliphatic rings. The number of rotatable bonds is 3. The number of hydrogen-bond acceptors (Lipinski definition) is 1. The molecule has 0 unspecified atom stereocenters. The van der Waals surface area contributed by atoms with E-state index in [0.29, 0.717) is 6.54 Å². The standard InChI is InChI=1S/C16H15FN2/c17-15-6-5-14-7-8-19(16(14)9-15)11-13-3-1-12(10-18)2-4-13/h1-9H,10-11,18H2. The Morgan fingerprint density at radius 2 is 1.68 bits per heavy atom. The van der Waals surface area contributed by atoms with Crippen LogP contribution in [-0.4, -0.2) is 4.57 Å². The highest BCUT2D eigenvalue weighted by Crippen LogP contribution is 2.18. The van der Waals surface area contributed by atoms with Crippen LogP contribution in [0.3, 0.4) is 0 Å². The van der Waals surface area contributed by atoms with Crippen molar-refractivity contribution in [3.63, 3.8) is 0 Å². The molecule has 0 bridgehead atoms. The van der Waals surface area contributed by atoms with Crippen LogP contribution >= 0.6 is 0 Å². The lowest BCUT2D eigenvalue weighted by Gasteiger charge is -2.06. The van der Waals surface area contributed by atoms with E-state index in [-0.39, 0.29) is 5.82 Å². The third kappa shape index (κ3) is 2.37. The largest absolute Gasteiger partial charge is 0.343 e. The molecule has 3 heteroatoms. The highest BCUT2D eigenvalue weighted by molar-refractivity contribution is 5.80. The minimum absolute atomic E-state index is 0.203. The van der Waals surface area contributed by atoms with E-state index in [1.54, 1.807) is 12.1 Å². The Morgan fingerprint density at radius 1 is 0.947 bits per heavy atom. The molecule has 19 heavy (non-hydrogen) atoms. The van der Waals surface area contributed by atoms with Crippen LogP contribution in [0, 0.1) is 5.82 Å². The van der Waals surface area contributed by atoms with Gasteiger partial charge >= 0.3 is 0 Å². The zero-order valence-corrected chi connectivity index (χ0v) is 10.5. The lowest BCUT2D eigenvalue weighted by atomic mass is 10.1. The Balaban J connectivity index is 1.93. The molecule has 96 valence electrons. The van der Waals surface area contributed by atoms with Gasteiger partial charge in [-0.1, -0.05) is 24.3 Å². The van der Waals surface area contributed by atoms with Gasteiger partial charge in [-0.3, -0.25) is 0 Å². The second-order valence-electron chi connectivity index (χ2n) is 4.67. The van der Waals surface area contributed by atoms with Gasteiger partial charge in [0.2, 0.25) is 0 Å². The first-order valence-electron chi connectivity index (χ1n) is 6.28. The molecule has 3 rings (SSSR count). The molecule has 0 saturated carbocycles. The van der Waals surface area contributed by atoms with Crippen LogP contribution in [0.1, 0.15) is 11.1 Å². The van der Waals surface area contributed by atoms with Gasteiger partial charge in [0.25, 0.3) is 0 Å². The van der Waals surface area contributed by atoms with Gasteiger partial charge in [-0.05, 0) is 40.8 Å². The van der Waals surface area contributed by atoms with Gasteiger partial charge in [0, 0.05) is 19.3 Å². The van der Waals surface area contributed by atoms with Gasteiger partial charge in [0.05, 0.1) is 5.52 Å². The average molecular weight is 254 g/mol. The number of halogens is 1. The van der Waals surface area contributed by atoms with Crippen LogP contribution in [0.4, 0.5) is 4.39 Å². The molecule has 1 aromatic heterocycles. The highest BCUT2D eigenvalue weighted by Gasteiger charge is 2.03. The topological polar surface area (TPSA) is 30.9 Å². The molecule has 0 aliphatic carbocycles. The molecule has 2 nitrogen and oxygen atoms in total. The normalized spacial score (nSPS) is 11.1. The quantitative estimate of drug-likeness (QED) is 0.764. The molecule has 0 spiro atoms. The smallest absolute Gasteiger partial charge is 0.125 e. The third-order valence-electron chi connectivity index (χ3n) is 3.35. The van der Waals surface area contributed by atoms with E-state index < -0.39 is 0 Å². The van der Waals surface area contributed by atoms with Crippen molar-refractivity contribution in [1.29, 1.82) is 0 Å². The van der Waals surface area contributed by atoms with E-state index in [0.717, 1.165) is 23.0 Å². The second kappa shape index (κ2) is 4.86.